The van der Waals surface area contributed by atoms with Gasteiger partial charge >= 0.3 is 0 Å². The molecule has 0 saturated carbocycles. The first-order valence-electron chi connectivity index (χ1n) is 4.57. The van der Waals surface area contributed by atoms with Crippen LogP contribution in [0.15, 0.2) is 0 Å². The predicted molar refractivity (Wildman–Crippen MR) is 50.2 cm³/mol. The van der Waals surface area contributed by atoms with E-state index in [1.54, 1.807) is 7.11 Å². The number of ketones is 1. The first-order chi connectivity index (χ1) is 5.49. The van der Waals surface area contributed by atoms with Gasteiger partial charge in [-0.1, -0.05) is 20.8 Å². The normalized spacial score (nSPS) is 16.2. The predicted octanol–water partition coefficient (Wildman–Crippen LogP) is 2.42. The number of methoxy groups -OCH3 is 1. The lowest BCUT2D eigenvalue weighted by molar-refractivity contribution is -0.144. The fraction of sp³-hybridized carbons (Fsp3) is 0.900. The monoisotopic (exact) mass is 172 g/mol. The highest BCUT2D eigenvalue weighted by atomic mass is 16.5. The molecule has 2 nitrogen and oxygen atoms in total. The Bertz CT molecular complexity index is 152. The summed E-state index contributed by atoms with van der Waals surface area (Å²) in [5.41, 5.74) is -0.587. The van der Waals surface area contributed by atoms with E-state index in [2.05, 4.69) is 0 Å². The summed E-state index contributed by atoms with van der Waals surface area (Å²) >= 11 is 0. The van der Waals surface area contributed by atoms with Crippen molar-refractivity contribution in [1.82, 2.24) is 0 Å². The first-order valence-corrected chi connectivity index (χ1v) is 4.57. The maximum atomic E-state index is 11.6. The average Bonchev–Trinajstić information content (AvgIpc) is 2.03. The highest BCUT2D eigenvalue weighted by Crippen LogP contribution is 2.23. The van der Waals surface area contributed by atoms with E-state index in [1.165, 1.54) is 0 Å². The van der Waals surface area contributed by atoms with Crippen LogP contribution in [-0.4, -0.2) is 18.5 Å². The Labute approximate surface area is 75.3 Å². The van der Waals surface area contributed by atoms with Gasteiger partial charge in [0.15, 0.2) is 5.78 Å². The molecule has 0 radical (unpaired) electrons. The zero-order chi connectivity index (χ0) is 9.78. The van der Waals surface area contributed by atoms with Gasteiger partial charge in [-0.05, 0) is 19.3 Å². The van der Waals surface area contributed by atoms with Crippen LogP contribution < -0.4 is 0 Å². The summed E-state index contributed by atoms with van der Waals surface area (Å²) in [5.74, 6) is 0.448. The number of ether oxygens (including phenoxy) is 1. The highest BCUT2D eigenvalue weighted by molar-refractivity contribution is 5.87. The first kappa shape index (κ1) is 11.6. The van der Waals surface area contributed by atoms with Crippen LogP contribution in [0.25, 0.3) is 0 Å². The fourth-order valence-corrected chi connectivity index (χ4v) is 1.15. The molecule has 1 unspecified atom stereocenters. The fourth-order valence-electron chi connectivity index (χ4n) is 1.15. The summed E-state index contributed by atoms with van der Waals surface area (Å²) in [6.45, 7) is 7.90. The molecule has 0 N–H and O–H groups in total. The van der Waals surface area contributed by atoms with Crippen molar-refractivity contribution in [1.29, 1.82) is 0 Å². The highest BCUT2D eigenvalue weighted by Gasteiger charge is 2.35. The minimum Gasteiger partial charge on any atom is -0.370 e. The van der Waals surface area contributed by atoms with Crippen molar-refractivity contribution < 1.29 is 9.53 Å². The maximum absolute atomic E-state index is 11.6. The van der Waals surface area contributed by atoms with Crippen molar-refractivity contribution in [3.05, 3.63) is 0 Å². The zero-order valence-corrected chi connectivity index (χ0v) is 8.81. The average molecular weight is 172 g/mol. The molecule has 0 spiro atoms. The lowest BCUT2D eigenvalue weighted by atomic mass is 9.86. The van der Waals surface area contributed by atoms with Gasteiger partial charge in [-0.25, -0.2) is 0 Å². The molecule has 0 aliphatic heterocycles. The van der Waals surface area contributed by atoms with Crippen LogP contribution in [-0.2, 0) is 9.53 Å². The van der Waals surface area contributed by atoms with Crippen LogP contribution in [0.5, 0.6) is 0 Å². The van der Waals surface area contributed by atoms with E-state index in [4.69, 9.17) is 4.74 Å². The van der Waals surface area contributed by atoms with Gasteiger partial charge in [-0.15, -0.1) is 0 Å². The maximum Gasteiger partial charge on any atom is 0.164 e. The molecule has 0 aromatic heterocycles. The SMILES string of the molecule is CCCC(=O)C(C)(OC)C(C)C. The second-order valence-corrected chi connectivity index (χ2v) is 3.64. The van der Waals surface area contributed by atoms with Crippen LogP contribution in [0.3, 0.4) is 0 Å². The molecule has 0 aromatic rings. The lowest BCUT2D eigenvalue weighted by Crippen LogP contribution is -2.42. The van der Waals surface area contributed by atoms with Gasteiger partial charge in [0.05, 0.1) is 0 Å². The third-order valence-corrected chi connectivity index (χ3v) is 2.56. The molecule has 0 rings (SSSR count). The Hall–Kier alpha value is -0.370. The molecule has 0 aliphatic rings. The van der Waals surface area contributed by atoms with Crippen molar-refractivity contribution in [3.63, 3.8) is 0 Å². The van der Waals surface area contributed by atoms with Gasteiger partial charge in [-0.2, -0.15) is 0 Å². The largest absolute Gasteiger partial charge is 0.370 e. The molecule has 0 aliphatic carbocycles. The summed E-state index contributed by atoms with van der Waals surface area (Å²) in [4.78, 5) is 11.6. The number of rotatable bonds is 5. The van der Waals surface area contributed by atoms with Crippen molar-refractivity contribution >= 4 is 5.78 Å². The summed E-state index contributed by atoms with van der Waals surface area (Å²) in [7, 11) is 1.60. The number of hydrogen-bond donors (Lipinski definition) is 0. The van der Waals surface area contributed by atoms with Crippen molar-refractivity contribution in [2.24, 2.45) is 5.92 Å². The second-order valence-electron chi connectivity index (χ2n) is 3.64. The number of carbonyl (C=O) groups is 1. The van der Waals surface area contributed by atoms with Gasteiger partial charge in [0, 0.05) is 13.5 Å². The molecule has 0 amide bonds. The minimum absolute atomic E-state index is 0.211. The molecule has 0 aromatic carbocycles. The quantitative estimate of drug-likeness (QED) is 0.636. The molecule has 1 atom stereocenters. The van der Waals surface area contributed by atoms with Crippen molar-refractivity contribution in [2.75, 3.05) is 7.11 Å². The van der Waals surface area contributed by atoms with E-state index < -0.39 is 5.60 Å². The molecule has 0 fully saturated rings. The van der Waals surface area contributed by atoms with Gasteiger partial charge in [0.1, 0.15) is 5.60 Å². The molecule has 12 heavy (non-hydrogen) atoms. The van der Waals surface area contributed by atoms with Gasteiger partial charge in [0.2, 0.25) is 0 Å². The van der Waals surface area contributed by atoms with Crippen LogP contribution >= 0.6 is 0 Å². The third kappa shape index (κ3) is 2.31. The Balaban J connectivity index is 4.40. The van der Waals surface area contributed by atoms with Crippen molar-refractivity contribution in [2.45, 2.75) is 46.1 Å². The summed E-state index contributed by atoms with van der Waals surface area (Å²) < 4.78 is 5.26. The molecule has 72 valence electrons. The Morgan fingerprint density at radius 1 is 1.50 bits per heavy atom. The van der Waals surface area contributed by atoms with E-state index in [0.29, 0.717) is 6.42 Å². The van der Waals surface area contributed by atoms with Gasteiger partial charge in [0.25, 0.3) is 0 Å². The standard InChI is InChI=1S/C10H20O2/c1-6-7-9(11)10(4,12-5)8(2)3/h8H,6-7H2,1-5H3. The van der Waals surface area contributed by atoms with Crippen molar-refractivity contribution in [3.8, 4) is 0 Å². The minimum atomic E-state index is -0.587. The van der Waals surface area contributed by atoms with E-state index in [0.717, 1.165) is 6.42 Å². The van der Waals surface area contributed by atoms with Crippen LogP contribution in [0.1, 0.15) is 40.5 Å². The smallest absolute Gasteiger partial charge is 0.164 e. The summed E-state index contributed by atoms with van der Waals surface area (Å²) in [6.07, 6.45) is 1.51. The Morgan fingerprint density at radius 2 is 2.00 bits per heavy atom. The van der Waals surface area contributed by atoms with E-state index in [-0.39, 0.29) is 11.7 Å². The summed E-state index contributed by atoms with van der Waals surface area (Å²) in [5, 5.41) is 0. The Kier molecular flexibility index (Phi) is 4.46. The number of Topliss-reactive ketones (excluding diaryl/α,β-unsaturated/α-hetero) is 1. The van der Waals surface area contributed by atoms with Gasteiger partial charge < -0.3 is 4.74 Å². The molecule has 0 bridgehead atoms. The van der Waals surface area contributed by atoms with E-state index >= 15 is 0 Å². The topological polar surface area (TPSA) is 26.3 Å². The van der Waals surface area contributed by atoms with Crippen LogP contribution in [0.2, 0.25) is 0 Å². The Morgan fingerprint density at radius 3 is 2.25 bits per heavy atom. The van der Waals surface area contributed by atoms with E-state index in [9.17, 15) is 4.79 Å². The molecule has 2 heteroatoms. The van der Waals surface area contributed by atoms with E-state index in [1.807, 2.05) is 27.7 Å². The summed E-state index contributed by atoms with van der Waals surface area (Å²) in [6, 6.07) is 0. The van der Waals surface area contributed by atoms with Gasteiger partial charge in [-0.3, -0.25) is 4.79 Å². The second kappa shape index (κ2) is 4.61. The molecular formula is C10H20O2. The third-order valence-electron chi connectivity index (χ3n) is 2.56. The zero-order valence-electron chi connectivity index (χ0n) is 8.81. The molecule has 0 heterocycles. The molecular weight excluding hydrogens is 152 g/mol. The molecule has 0 saturated heterocycles. The lowest BCUT2D eigenvalue weighted by Gasteiger charge is -2.30. The number of hydrogen-bond acceptors (Lipinski definition) is 2. The van der Waals surface area contributed by atoms with Crippen LogP contribution in [0.4, 0.5) is 0 Å². The number of carbonyl (C=O) groups excluding carboxylic acids is 1. The van der Waals surface area contributed by atoms with Crippen LogP contribution in [0, 0.1) is 5.92 Å².